The van der Waals surface area contributed by atoms with Crippen LogP contribution in [0.4, 0.5) is 8.78 Å². The second-order valence-corrected chi connectivity index (χ2v) is 9.92. The molecule has 2 unspecified atom stereocenters. The molecule has 2 heterocycles. The number of piperazine rings is 1. The summed E-state index contributed by atoms with van der Waals surface area (Å²) in [6, 6.07) is 11.9. The van der Waals surface area contributed by atoms with Crippen molar-refractivity contribution in [3.8, 4) is 0 Å². The van der Waals surface area contributed by atoms with Crippen LogP contribution in [0, 0.1) is 17.6 Å². The first-order valence-corrected chi connectivity index (χ1v) is 12.9. The Labute approximate surface area is 216 Å². The van der Waals surface area contributed by atoms with Gasteiger partial charge in [-0.3, -0.25) is 14.4 Å². The molecule has 0 radical (unpaired) electrons. The lowest BCUT2D eigenvalue weighted by Crippen LogP contribution is -2.57. The van der Waals surface area contributed by atoms with Crippen molar-refractivity contribution in [1.29, 1.82) is 0 Å². The Bertz CT molecular complexity index is 1090. The lowest BCUT2D eigenvalue weighted by Gasteiger charge is -2.35. The van der Waals surface area contributed by atoms with Gasteiger partial charge >= 0.3 is 0 Å². The highest BCUT2D eigenvalue weighted by Gasteiger charge is 2.36. The van der Waals surface area contributed by atoms with Crippen LogP contribution < -0.4 is 10.6 Å². The van der Waals surface area contributed by atoms with Crippen LogP contribution >= 0.6 is 0 Å². The maximum atomic E-state index is 13.9. The zero-order valence-corrected chi connectivity index (χ0v) is 21.1. The Morgan fingerprint density at radius 1 is 1.08 bits per heavy atom. The monoisotopic (exact) mass is 512 g/mol. The average molecular weight is 513 g/mol. The highest BCUT2D eigenvalue weighted by atomic mass is 19.1. The van der Waals surface area contributed by atoms with Gasteiger partial charge in [0.1, 0.15) is 11.6 Å². The summed E-state index contributed by atoms with van der Waals surface area (Å²) >= 11 is 0. The third kappa shape index (κ3) is 7.13. The van der Waals surface area contributed by atoms with E-state index in [0.717, 1.165) is 18.1 Å². The van der Waals surface area contributed by atoms with E-state index in [4.69, 9.17) is 0 Å². The van der Waals surface area contributed by atoms with E-state index in [1.54, 1.807) is 9.80 Å². The van der Waals surface area contributed by atoms with Gasteiger partial charge in [0.05, 0.1) is 12.0 Å². The van der Waals surface area contributed by atoms with E-state index in [1.807, 2.05) is 37.3 Å². The zero-order chi connectivity index (χ0) is 26.4. The molecular formula is C28H34F2N4O3. The van der Waals surface area contributed by atoms with E-state index >= 15 is 0 Å². The number of carbonyl (C=O) groups is 3. The largest absolute Gasteiger partial charge is 0.353 e. The molecule has 9 heteroatoms. The summed E-state index contributed by atoms with van der Waals surface area (Å²) in [5, 5.41) is 6.23. The normalized spacial score (nSPS) is 20.8. The molecule has 3 atom stereocenters. The average Bonchev–Trinajstić information content (AvgIpc) is 3.22. The maximum absolute atomic E-state index is 13.9. The highest BCUT2D eigenvalue weighted by Crippen LogP contribution is 2.21. The van der Waals surface area contributed by atoms with Crippen molar-refractivity contribution in [2.45, 2.75) is 51.2 Å². The van der Waals surface area contributed by atoms with Gasteiger partial charge < -0.3 is 20.4 Å². The molecule has 3 amide bonds. The number of nitrogens with one attached hydrogen (secondary N) is 2. The molecule has 0 aromatic heterocycles. The van der Waals surface area contributed by atoms with E-state index in [9.17, 15) is 23.2 Å². The third-order valence-electron chi connectivity index (χ3n) is 6.95. The topological polar surface area (TPSA) is 81.8 Å². The summed E-state index contributed by atoms with van der Waals surface area (Å²) in [6.45, 7) is 4.58. The quantitative estimate of drug-likeness (QED) is 0.513. The minimum atomic E-state index is -0.697. The first-order valence-electron chi connectivity index (χ1n) is 12.9. The van der Waals surface area contributed by atoms with Gasteiger partial charge in [0, 0.05) is 51.3 Å². The van der Waals surface area contributed by atoms with Crippen LogP contribution in [0.5, 0.6) is 0 Å². The number of halogens is 2. The molecule has 0 bridgehead atoms. The highest BCUT2D eigenvalue weighted by molar-refractivity contribution is 5.89. The van der Waals surface area contributed by atoms with Crippen LogP contribution in [0.2, 0.25) is 0 Å². The number of amides is 3. The number of likely N-dealkylation sites (tertiary alicyclic amines) is 1. The second kappa shape index (κ2) is 12.3. The van der Waals surface area contributed by atoms with Gasteiger partial charge in [-0.05, 0) is 42.5 Å². The molecule has 2 fully saturated rings. The standard InChI is InChI=1S/C28H34F2N4O3/c1-2-9-33-18-21(14-26(33)35)27(36)32-24(13-20-11-22(29)15-23(30)12-20)16-25-28(37)34(10-8-31-25)17-19-6-4-3-5-7-19/h3-7,11-12,15,21,24-25,31H,2,8-10,13-14,16-18H2,1H3,(H,32,36)/t21?,24?,25-/m0/s1. The van der Waals surface area contributed by atoms with Gasteiger partial charge in [0.25, 0.3) is 0 Å². The Kier molecular flexibility index (Phi) is 8.87. The van der Waals surface area contributed by atoms with Crippen LogP contribution in [-0.4, -0.2) is 65.8 Å². The SMILES string of the molecule is CCCN1CC(C(=O)NC(Cc2cc(F)cc(F)c2)C[C@@H]2NCCN(Cc3ccccc3)C2=O)CC1=O. The minimum absolute atomic E-state index is 0.0496. The fraction of sp³-hybridized carbons (Fsp3) is 0.464. The molecule has 37 heavy (non-hydrogen) atoms. The lowest BCUT2D eigenvalue weighted by molar-refractivity contribution is -0.137. The molecular weight excluding hydrogens is 478 g/mol. The van der Waals surface area contributed by atoms with Gasteiger partial charge in [-0.15, -0.1) is 0 Å². The molecule has 2 saturated heterocycles. The summed E-state index contributed by atoms with van der Waals surface area (Å²) in [4.78, 5) is 42.2. The number of hydrogen-bond donors (Lipinski definition) is 2. The van der Waals surface area contributed by atoms with Crippen LogP contribution in [0.15, 0.2) is 48.5 Å². The van der Waals surface area contributed by atoms with Crippen molar-refractivity contribution in [2.24, 2.45) is 5.92 Å². The lowest BCUT2D eigenvalue weighted by atomic mass is 9.96. The zero-order valence-electron chi connectivity index (χ0n) is 21.1. The van der Waals surface area contributed by atoms with Crippen LogP contribution in [-0.2, 0) is 27.3 Å². The van der Waals surface area contributed by atoms with Crippen molar-refractivity contribution < 1.29 is 23.2 Å². The maximum Gasteiger partial charge on any atom is 0.240 e. The molecule has 4 rings (SSSR count). The summed E-state index contributed by atoms with van der Waals surface area (Å²) in [7, 11) is 0. The molecule has 0 spiro atoms. The number of rotatable bonds is 10. The molecule has 0 aliphatic carbocycles. The number of hydrogen-bond acceptors (Lipinski definition) is 4. The van der Waals surface area contributed by atoms with Gasteiger partial charge in [0.2, 0.25) is 17.7 Å². The van der Waals surface area contributed by atoms with Gasteiger partial charge in [0.15, 0.2) is 0 Å². The van der Waals surface area contributed by atoms with Crippen molar-refractivity contribution >= 4 is 17.7 Å². The van der Waals surface area contributed by atoms with E-state index < -0.39 is 29.6 Å². The fourth-order valence-electron chi connectivity index (χ4n) is 5.18. The summed E-state index contributed by atoms with van der Waals surface area (Å²) in [5.74, 6) is -2.29. The van der Waals surface area contributed by atoms with Crippen molar-refractivity contribution in [3.63, 3.8) is 0 Å². The summed E-state index contributed by atoms with van der Waals surface area (Å²) in [5.41, 5.74) is 1.42. The Balaban J connectivity index is 1.47. The smallest absolute Gasteiger partial charge is 0.240 e. The molecule has 2 aromatic rings. The van der Waals surface area contributed by atoms with Gasteiger partial charge in [-0.2, -0.15) is 0 Å². The predicted octanol–water partition coefficient (Wildman–Crippen LogP) is 2.64. The van der Waals surface area contributed by atoms with Crippen LogP contribution in [0.1, 0.15) is 37.3 Å². The van der Waals surface area contributed by atoms with Gasteiger partial charge in [-0.1, -0.05) is 37.3 Å². The fourth-order valence-corrected chi connectivity index (χ4v) is 5.18. The molecule has 2 aliphatic rings. The van der Waals surface area contributed by atoms with E-state index in [2.05, 4.69) is 10.6 Å². The molecule has 7 nitrogen and oxygen atoms in total. The summed E-state index contributed by atoms with van der Waals surface area (Å²) in [6.07, 6.45) is 1.36. The molecule has 2 aliphatic heterocycles. The van der Waals surface area contributed by atoms with E-state index in [0.29, 0.717) is 38.3 Å². The van der Waals surface area contributed by atoms with Crippen LogP contribution in [0.25, 0.3) is 0 Å². The molecule has 198 valence electrons. The first kappa shape index (κ1) is 26.7. The Morgan fingerprint density at radius 2 is 1.81 bits per heavy atom. The number of benzene rings is 2. The van der Waals surface area contributed by atoms with E-state index in [1.165, 1.54) is 12.1 Å². The van der Waals surface area contributed by atoms with Crippen LogP contribution in [0.3, 0.4) is 0 Å². The first-order chi connectivity index (χ1) is 17.8. The minimum Gasteiger partial charge on any atom is -0.353 e. The molecule has 2 N–H and O–H groups in total. The van der Waals surface area contributed by atoms with Crippen molar-refractivity contribution in [3.05, 3.63) is 71.3 Å². The summed E-state index contributed by atoms with van der Waals surface area (Å²) < 4.78 is 27.8. The van der Waals surface area contributed by atoms with Crippen molar-refractivity contribution in [1.82, 2.24) is 20.4 Å². The Morgan fingerprint density at radius 3 is 2.51 bits per heavy atom. The number of carbonyl (C=O) groups excluding carboxylic acids is 3. The third-order valence-corrected chi connectivity index (χ3v) is 6.95. The molecule has 0 saturated carbocycles. The number of nitrogens with zero attached hydrogens (tertiary/aromatic N) is 2. The van der Waals surface area contributed by atoms with Gasteiger partial charge in [-0.25, -0.2) is 8.78 Å². The second-order valence-electron chi connectivity index (χ2n) is 9.92. The molecule has 2 aromatic carbocycles. The Hall–Kier alpha value is -3.33. The van der Waals surface area contributed by atoms with Crippen molar-refractivity contribution in [2.75, 3.05) is 26.2 Å². The predicted molar refractivity (Wildman–Crippen MR) is 135 cm³/mol. The van der Waals surface area contributed by atoms with E-state index in [-0.39, 0.29) is 37.0 Å².